The van der Waals surface area contributed by atoms with Gasteiger partial charge in [0.2, 0.25) is 0 Å². The van der Waals surface area contributed by atoms with Crippen molar-refractivity contribution in [3.8, 4) is 10.6 Å². The fourth-order valence-electron chi connectivity index (χ4n) is 1.87. The average molecular weight is 413 g/mol. The van der Waals surface area contributed by atoms with Crippen molar-refractivity contribution in [2.75, 3.05) is 5.32 Å². The lowest BCUT2D eigenvalue weighted by Crippen LogP contribution is -2.16. The summed E-state index contributed by atoms with van der Waals surface area (Å²) in [5.74, 6) is -1.80. The van der Waals surface area contributed by atoms with Gasteiger partial charge in [-0.05, 0) is 28.1 Å². The number of carboxylic acid groups (broad SMARTS) is 1. The summed E-state index contributed by atoms with van der Waals surface area (Å²) in [5, 5.41) is 17.8. The van der Waals surface area contributed by atoms with Gasteiger partial charge in [0.15, 0.2) is 10.8 Å². The third-order valence-electron chi connectivity index (χ3n) is 2.82. The number of aromatic carboxylic acids is 1. The molecule has 0 atom stereocenters. The van der Waals surface area contributed by atoms with Crippen molar-refractivity contribution in [3.63, 3.8) is 0 Å². The van der Waals surface area contributed by atoms with Gasteiger partial charge in [0.1, 0.15) is 5.56 Å². The number of aryl methyl sites for hydroxylation is 1. The van der Waals surface area contributed by atoms with E-state index in [1.807, 2.05) is 17.5 Å². The number of carbonyl (C=O) groups excluding carboxylic acids is 1. The highest BCUT2D eigenvalue weighted by atomic mass is 79.9. The minimum absolute atomic E-state index is 0.143. The number of carbonyl (C=O) groups is 2. The zero-order valence-corrected chi connectivity index (χ0v) is 14.8. The molecule has 3 aromatic rings. The van der Waals surface area contributed by atoms with Crippen LogP contribution in [0.1, 0.15) is 20.8 Å². The summed E-state index contributed by atoms with van der Waals surface area (Å²) in [4.78, 5) is 28.7. The molecule has 0 unspecified atom stereocenters. The van der Waals surface area contributed by atoms with Crippen molar-refractivity contribution >= 4 is 55.6 Å². The number of carboxylic acids is 1. The van der Waals surface area contributed by atoms with Gasteiger partial charge in [-0.2, -0.15) is 5.10 Å². The van der Waals surface area contributed by atoms with E-state index >= 15 is 0 Å². The van der Waals surface area contributed by atoms with E-state index in [1.165, 1.54) is 33.6 Å². The normalized spacial score (nSPS) is 10.7. The van der Waals surface area contributed by atoms with Crippen LogP contribution in [-0.4, -0.2) is 31.7 Å². The fourth-order valence-corrected chi connectivity index (χ4v) is 3.99. The van der Waals surface area contributed by atoms with E-state index in [1.54, 1.807) is 7.05 Å². The Balaban J connectivity index is 1.81. The molecule has 0 saturated heterocycles. The lowest BCUT2D eigenvalue weighted by molar-refractivity contribution is 0.0692. The Morgan fingerprint density at radius 3 is 2.83 bits per heavy atom. The maximum atomic E-state index is 12.2. The fraction of sp³-hybridized carbons (Fsp3) is 0.0769. The van der Waals surface area contributed by atoms with E-state index < -0.39 is 11.9 Å². The van der Waals surface area contributed by atoms with Gasteiger partial charge in [0, 0.05) is 18.6 Å². The predicted molar refractivity (Wildman–Crippen MR) is 91.2 cm³/mol. The molecule has 118 valence electrons. The monoisotopic (exact) mass is 412 g/mol. The molecule has 23 heavy (non-hydrogen) atoms. The molecule has 0 radical (unpaired) electrons. The Bertz CT molecular complexity index is 899. The Hall–Kier alpha value is -2.04. The second-order valence-electron chi connectivity index (χ2n) is 4.47. The summed E-state index contributed by atoms with van der Waals surface area (Å²) in [6, 6.07) is 3.85. The van der Waals surface area contributed by atoms with Crippen LogP contribution >= 0.6 is 38.6 Å². The zero-order valence-electron chi connectivity index (χ0n) is 11.6. The molecule has 0 aromatic carbocycles. The largest absolute Gasteiger partial charge is 0.478 e. The van der Waals surface area contributed by atoms with Crippen LogP contribution in [0.15, 0.2) is 27.5 Å². The lowest BCUT2D eigenvalue weighted by atomic mass is 10.2. The maximum absolute atomic E-state index is 12.2. The van der Waals surface area contributed by atoms with Crippen molar-refractivity contribution in [1.82, 2.24) is 14.8 Å². The number of nitrogens with zero attached hydrogens (tertiary/aromatic N) is 3. The number of halogens is 1. The lowest BCUT2D eigenvalue weighted by Gasteiger charge is -1.99. The van der Waals surface area contributed by atoms with Crippen LogP contribution in [0.25, 0.3) is 10.6 Å². The first-order valence-electron chi connectivity index (χ1n) is 6.23. The van der Waals surface area contributed by atoms with Gasteiger partial charge >= 0.3 is 5.97 Å². The minimum Gasteiger partial charge on any atom is -0.478 e. The molecule has 0 saturated carbocycles. The molecular formula is C13H9BrN4O3S2. The van der Waals surface area contributed by atoms with E-state index in [9.17, 15) is 9.59 Å². The van der Waals surface area contributed by atoms with Crippen LogP contribution in [0.4, 0.5) is 5.13 Å². The van der Waals surface area contributed by atoms with E-state index in [0.717, 1.165) is 14.4 Å². The first-order valence-corrected chi connectivity index (χ1v) is 8.72. The molecule has 0 aliphatic rings. The highest BCUT2D eigenvalue weighted by molar-refractivity contribution is 9.11. The first-order chi connectivity index (χ1) is 10.9. The summed E-state index contributed by atoms with van der Waals surface area (Å²) < 4.78 is 2.28. The average Bonchev–Trinajstić information content (AvgIpc) is 3.18. The van der Waals surface area contributed by atoms with Crippen LogP contribution < -0.4 is 5.32 Å². The molecule has 3 heterocycles. The molecule has 3 rings (SSSR count). The van der Waals surface area contributed by atoms with Gasteiger partial charge < -0.3 is 5.11 Å². The number of rotatable bonds is 4. The molecule has 1 amide bonds. The second kappa shape index (κ2) is 6.22. The van der Waals surface area contributed by atoms with Crippen LogP contribution in [0.3, 0.4) is 0 Å². The van der Waals surface area contributed by atoms with Gasteiger partial charge in [-0.1, -0.05) is 0 Å². The van der Waals surface area contributed by atoms with E-state index in [-0.39, 0.29) is 11.3 Å². The van der Waals surface area contributed by atoms with E-state index in [4.69, 9.17) is 5.11 Å². The van der Waals surface area contributed by atoms with Gasteiger partial charge in [-0.3, -0.25) is 14.8 Å². The number of anilines is 1. The van der Waals surface area contributed by atoms with Crippen LogP contribution in [-0.2, 0) is 7.05 Å². The number of thiazole rings is 1. The molecule has 2 N–H and O–H groups in total. The smallest absolute Gasteiger partial charge is 0.339 e. The number of hydrogen-bond donors (Lipinski definition) is 2. The summed E-state index contributed by atoms with van der Waals surface area (Å²) in [7, 11) is 1.55. The quantitative estimate of drug-likeness (QED) is 0.684. The number of thiophene rings is 1. The number of hydrogen-bond acceptors (Lipinski definition) is 6. The van der Waals surface area contributed by atoms with Gasteiger partial charge in [-0.15, -0.1) is 22.7 Å². The van der Waals surface area contributed by atoms with Crippen molar-refractivity contribution in [3.05, 3.63) is 38.8 Å². The highest BCUT2D eigenvalue weighted by Gasteiger charge is 2.22. The Kier molecular flexibility index (Phi) is 4.28. The van der Waals surface area contributed by atoms with Crippen molar-refractivity contribution in [1.29, 1.82) is 0 Å². The predicted octanol–water partition coefficient (Wildman–Crippen LogP) is 3.32. The van der Waals surface area contributed by atoms with Crippen molar-refractivity contribution in [2.45, 2.75) is 0 Å². The third-order valence-corrected chi connectivity index (χ3v) is 5.23. The first kappa shape index (κ1) is 15.8. The Morgan fingerprint density at radius 2 is 2.17 bits per heavy atom. The highest BCUT2D eigenvalue weighted by Crippen LogP contribution is 2.33. The van der Waals surface area contributed by atoms with Gasteiger partial charge in [-0.25, -0.2) is 9.78 Å². The summed E-state index contributed by atoms with van der Waals surface area (Å²) in [6.07, 6.45) is 1.29. The SMILES string of the molecule is Cn1cc(C(=O)O)c(C(=O)Nc2nc(-c3ccc(Br)s3)cs2)n1. The zero-order chi connectivity index (χ0) is 16.6. The Morgan fingerprint density at radius 1 is 1.39 bits per heavy atom. The summed E-state index contributed by atoms with van der Waals surface area (Å²) in [5.41, 5.74) is 0.458. The van der Waals surface area contributed by atoms with Gasteiger partial charge in [0.25, 0.3) is 5.91 Å². The molecule has 0 aliphatic heterocycles. The van der Waals surface area contributed by atoms with Crippen molar-refractivity contribution < 1.29 is 14.7 Å². The molecule has 0 fully saturated rings. The second-order valence-corrected chi connectivity index (χ2v) is 7.79. The van der Waals surface area contributed by atoms with Crippen LogP contribution in [0.2, 0.25) is 0 Å². The summed E-state index contributed by atoms with van der Waals surface area (Å²) >= 11 is 6.19. The minimum atomic E-state index is -1.20. The molecule has 10 heteroatoms. The number of aromatic nitrogens is 3. The van der Waals surface area contributed by atoms with E-state index in [2.05, 4.69) is 31.3 Å². The van der Waals surface area contributed by atoms with Crippen LogP contribution in [0, 0.1) is 0 Å². The summed E-state index contributed by atoms with van der Waals surface area (Å²) in [6.45, 7) is 0. The molecular weight excluding hydrogens is 404 g/mol. The van der Waals surface area contributed by atoms with Crippen LogP contribution in [0.5, 0.6) is 0 Å². The third kappa shape index (κ3) is 3.33. The topological polar surface area (TPSA) is 97.1 Å². The van der Waals surface area contributed by atoms with Crippen molar-refractivity contribution in [2.24, 2.45) is 7.05 Å². The van der Waals surface area contributed by atoms with Gasteiger partial charge in [0.05, 0.1) is 14.4 Å². The van der Waals surface area contributed by atoms with E-state index in [0.29, 0.717) is 5.13 Å². The number of amides is 1. The molecule has 3 aromatic heterocycles. The Labute approximate surface area is 146 Å². The molecule has 0 bridgehead atoms. The maximum Gasteiger partial charge on any atom is 0.339 e. The molecule has 0 aliphatic carbocycles. The molecule has 7 nitrogen and oxygen atoms in total. The standard InChI is InChI=1S/C13H9BrN4O3S2/c1-18-4-6(12(20)21)10(17-18)11(19)16-13-15-7(5-22-13)8-2-3-9(14)23-8/h2-5H,1H3,(H,20,21)(H,15,16,19). The number of nitrogens with one attached hydrogen (secondary N) is 1. The molecule has 0 spiro atoms.